The Hall–Kier alpha value is -0.120. The fourth-order valence-electron chi connectivity index (χ4n) is 3.88. The molecule has 0 saturated heterocycles. The summed E-state index contributed by atoms with van der Waals surface area (Å²) in [7, 11) is 4.10. The van der Waals surface area contributed by atoms with Gasteiger partial charge in [0.1, 0.15) is 0 Å². The molecular formula is C16H32N2O. The topological polar surface area (TPSA) is 38.5 Å². The number of rotatable bonds is 6. The largest absolute Gasteiger partial charge is 0.383 e. The lowest BCUT2D eigenvalue weighted by Crippen LogP contribution is -2.61. The van der Waals surface area contributed by atoms with Crippen molar-refractivity contribution in [3.05, 3.63) is 0 Å². The molecule has 1 atom stereocenters. The molecule has 0 spiro atoms. The summed E-state index contributed by atoms with van der Waals surface area (Å²) in [6, 6.07) is 0.687. The highest BCUT2D eigenvalue weighted by molar-refractivity contribution is 5.05. The maximum Gasteiger partial charge on any atom is 0.0661 e. The third-order valence-electron chi connectivity index (χ3n) is 5.64. The first-order valence-electron chi connectivity index (χ1n) is 7.87. The molecule has 2 aliphatic carbocycles. The first kappa shape index (κ1) is 15.3. The van der Waals surface area contributed by atoms with Gasteiger partial charge < -0.3 is 10.5 Å². The average molecular weight is 268 g/mol. The lowest BCUT2D eigenvalue weighted by atomic mass is 9.74. The predicted octanol–water partition coefficient (Wildman–Crippen LogP) is 2.64. The van der Waals surface area contributed by atoms with Gasteiger partial charge in [-0.25, -0.2) is 0 Å². The number of hydrogen-bond acceptors (Lipinski definition) is 3. The van der Waals surface area contributed by atoms with E-state index in [-0.39, 0.29) is 5.54 Å². The van der Waals surface area contributed by atoms with Crippen molar-refractivity contribution in [1.29, 1.82) is 0 Å². The van der Waals surface area contributed by atoms with Crippen molar-refractivity contribution in [1.82, 2.24) is 4.90 Å². The highest BCUT2D eigenvalue weighted by Crippen LogP contribution is 2.45. The van der Waals surface area contributed by atoms with E-state index >= 15 is 0 Å². The zero-order valence-corrected chi connectivity index (χ0v) is 13.2. The average Bonchev–Trinajstić information content (AvgIpc) is 3.20. The molecule has 112 valence electrons. The number of hydrogen-bond donors (Lipinski definition) is 1. The van der Waals surface area contributed by atoms with E-state index in [0.29, 0.717) is 11.5 Å². The van der Waals surface area contributed by atoms with Gasteiger partial charge in [-0.05, 0) is 56.9 Å². The third-order valence-corrected chi connectivity index (χ3v) is 5.64. The standard InChI is InChI=1S/C16H32N2O/c1-15(2)9-7-14(8-10-15)18(3)16(11-17,12-19-4)13-5-6-13/h13-14H,5-12,17H2,1-4H3. The van der Waals surface area contributed by atoms with E-state index in [0.717, 1.165) is 19.1 Å². The maximum absolute atomic E-state index is 6.17. The molecule has 19 heavy (non-hydrogen) atoms. The van der Waals surface area contributed by atoms with Gasteiger partial charge in [0.15, 0.2) is 0 Å². The second-order valence-electron chi connectivity index (χ2n) is 7.52. The number of methoxy groups -OCH3 is 1. The van der Waals surface area contributed by atoms with Crippen molar-refractivity contribution in [3.8, 4) is 0 Å². The van der Waals surface area contributed by atoms with Crippen molar-refractivity contribution >= 4 is 0 Å². The minimum absolute atomic E-state index is 0.0842. The van der Waals surface area contributed by atoms with Gasteiger partial charge in [-0.3, -0.25) is 4.90 Å². The van der Waals surface area contributed by atoms with E-state index in [2.05, 4.69) is 25.8 Å². The molecule has 0 heterocycles. The van der Waals surface area contributed by atoms with Crippen molar-refractivity contribution in [2.45, 2.75) is 64.0 Å². The van der Waals surface area contributed by atoms with E-state index in [9.17, 15) is 0 Å². The van der Waals surface area contributed by atoms with Crippen molar-refractivity contribution in [2.75, 3.05) is 27.3 Å². The van der Waals surface area contributed by atoms with Crippen LogP contribution >= 0.6 is 0 Å². The molecule has 0 aromatic rings. The summed E-state index contributed by atoms with van der Waals surface area (Å²) >= 11 is 0. The minimum atomic E-state index is 0.0842. The summed E-state index contributed by atoms with van der Waals surface area (Å²) in [5.41, 5.74) is 6.79. The Labute approximate surface area is 118 Å². The third kappa shape index (κ3) is 3.14. The van der Waals surface area contributed by atoms with E-state index in [1.165, 1.54) is 38.5 Å². The number of nitrogens with zero attached hydrogens (tertiary/aromatic N) is 1. The zero-order valence-electron chi connectivity index (χ0n) is 13.2. The number of nitrogens with two attached hydrogens (primary N) is 1. The van der Waals surface area contributed by atoms with Crippen LogP contribution in [0, 0.1) is 11.3 Å². The van der Waals surface area contributed by atoms with E-state index < -0.39 is 0 Å². The Morgan fingerprint density at radius 1 is 1.21 bits per heavy atom. The molecule has 2 fully saturated rings. The summed E-state index contributed by atoms with van der Waals surface area (Å²) in [6.45, 7) is 6.30. The molecule has 3 nitrogen and oxygen atoms in total. The van der Waals surface area contributed by atoms with E-state index in [1.54, 1.807) is 0 Å². The highest BCUT2D eigenvalue weighted by atomic mass is 16.5. The second kappa shape index (κ2) is 5.71. The summed E-state index contributed by atoms with van der Waals surface area (Å²) in [4.78, 5) is 2.59. The van der Waals surface area contributed by atoms with Gasteiger partial charge >= 0.3 is 0 Å². The molecule has 0 aromatic heterocycles. The molecule has 0 amide bonds. The van der Waals surface area contributed by atoms with Crippen LogP contribution in [0.1, 0.15) is 52.4 Å². The minimum Gasteiger partial charge on any atom is -0.383 e. The molecule has 2 aliphatic rings. The number of likely N-dealkylation sites (N-methyl/N-ethyl adjacent to an activating group) is 1. The molecule has 1 unspecified atom stereocenters. The normalized spacial score (nSPS) is 27.5. The number of ether oxygens (including phenoxy) is 1. The van der Waals surface area contributed by atoms with Crippen molar-refractivity contribution < 1.29 is 4.74 Å². The fourth-order valence-corrected chi connectivity index (χ4v) is 3.88. The van der Waals surface area contributed by atoms with Gasteiger partial charge in [0.25, 0.3) is 0 Å². The molecule has 0 aliphatic heterocycles. The van der Waals surface area contributed by atoms with Gasteiger partial charge in [0.2, 0.25) is 0 Å². The molecule has 0 bridgehead atoms. The van der Waals surface area contributed by atoms with Gasteiger partial charge in [0, 0.05) is 19.7 Å². The Bertz CT molecular complexity index is 291. The van der Waals surface area contributed by atoms with Gasteiger partial charge in [0.05, 0.1) is 12.1 Å². The fraction of sp³-hybridized carbons (Fsp3) is 1.00. The first-order chi connectivity index (χ1) is 8.95. The molecule has 2 saturated carbocycles. The summed E-state index contributed by atoms with van der Waals surface area (Å²) in [6.07, 6.45) is 7.93. The van der Waals surface area contributed by atoms with Gasteiger partial charge in [-0.15, -0.1) is 0 Å². The molecule has 2 rings (SSSR count). The summed E-state index contributed by atoms with van der Waals surface area (Å²) in [5, 5.41) is 0. The molecule has 0 radical (unpaired) electrons. The molecular weight excluding hydrogens is 236 g/mol. The molecule has 3 heteroatoms. The van der Waals surface area contributed by atoms with Crippen LogP contribution in [0.4, 0.5) is 0 Å². The lowest BCUT2D eigenvalue weighted by molar-refractivity contribution is -0.0266. The van der Waals surface area contributed by atoms with E-state index in [1.807, 2.05) is 7.11 Å². The summed E-state index contributed by atoms with van der Waals surface area (Å²) in [5.74, 6) is 0.748. The van der Waals surface area contributed by atoms with Crippen LogP contribution in [0.2, 0.25) is 0 Å². The van der Waals surface area contributed by atoms with Crippen LogP contribution in [0.15, 0.2) is 0 Å². The first-order valence-corrected chi connectivity index (χ1v) is 7.87. The van der Waals surface area contributed by atoms with Crippen LogP contribution < -0.4 is 5.73 Å². The van der Waals surface area contributed by atoms with Crippen LogP contribution in [0.5, 0.6) is 0 Å². The highest BCUT2D eigenvalue weighted by Gasteiger charge is 2.49. The Kier molecular flexibility index (Phi) is 4.59. The van der Waals surface area contributed by atoms with Crippen LogP contribution in [-0.4, -0.2) is 43.8 Å². The Morgan fingerprint density at radius 2 is 1.79 bits per heavy atom. The van der Waals surface area contributed by atoms with Crippen LogP contribution in [-0.2, 0) is 4.74 Å². The summed E-state index contributed by atoms with van der Waals surface area (Å²) < 4.78 is 5.53. The monoisotopic (exact) mass is 268 g/mol. The van der Waals surface area contributed by atoms with Crippen molar-refractivity contribution in [2.24, 2.45) is 17.1 Å². The Morgan fingerprint density at radius 3 is 2.21 bits per heavy atom. The Balaban J connectivity index is 2.05. The smallest absolute Gasteiger partial charge is 0.0661 e. The van der Waals surface area contributed by atoms with E-state index in [4.69, 9.17) is 10.5 Å². The van der Waals surface area contributed by atoms with Crippen LogP contribution in [0.3, 0.4) is 0 Å². The zero-order chi connectivity index (χ0) is 14.1. The second-order valence-corrected chi connectivity index (χ2v) is 7.52. The van der Waals surface area contributed by atoms with Crippen molar-refractivity contribution in [3.63, 3.8) is 0 Å². The molecule has 0 aromatic carbocycles. The maximum atomic E-state index is 6.17. The SMILES string of the molecule is COCC(CN)(C1CC1)N(C)C1CCC(C)(C)CC1. The van der Waals surface area contributed by atoms with Gasteiger partial charge in [-0.2, -0.15) is 0 Å². The van der Waals surface area contributed by atoms with Gasteiger partial charge in [-0.1, -0.05) is 13.8 Å². The molecule has 2 N–H and O–H groups in total. The van der Waals surface area contributed by atoms with Crippen LogP contribution in [0.25, 0.3) is 0 Å². The lowest BCUT2D eigenvalue weighted by Gasteiger charge is -2.48. The quantitative estimate of drug-likeness (QED) is 0.805. The predicted molar refractivity (Wildman–Crippen MR) is 80.2 cm³/mol.